The minimum atomic E-state index is -0.542. The van der Waals surface area contributed by atoms with E-state index in [4.69, 9.17) is 10.5 Å². The number of hydrogen-bond donors (Lipinski definition) is 1. The number of Topliss-reactive ketones (excluding diaryl/α,β-unsaturated/α-hetero) is 1. The van der Waals surface area contributed by atoms with Crippen LogP contribution in [0.25, 0.3) is 10.8 Å². The van der Waals surface area contributed by atoms with E-state index in [0.717, 1.165) is 10.8 Å². The number of anilines is 1. The number of esters is 1. The Bertz CT molecular complexity index is 869. The van der Waals surface area contributed by atoms with Crippen molar-refractivity contribution in [1.29, 1.82) is 0 Å². The van der Waals surface area contributed by atoms with Crippen molar-refractivity contribution in [2.75, 3.05) is 12.3 Å². The smallest absolute Gasteiger partial charge is 0.338 e. The Labute approximate surface area is 133 Å². The van der Waals surface area contributed by atoms with E-state index >= 15 is 0 Å². The number of ether oxygens (including phenoxy) is 1. The third-order valence-corrected chi connectivity index (χ3v) is 3.55. The first-order valence-corrected chi connectivity index (χ1v) is 7.18. The van der Waals surface area contributed by atoms with Gasteiger partial charge < -0.3 is 10.5 Å². The van der Waals surface area contributed by atoms with Gasteiger partial charge >= 0.3 is 5.97 Å². The summed E-state index contributed by atoms with van der Waals surface area (Å²) in [4.78, 5) is 24.1. The van der Waals surface area contributed by atoms with Gasteiger partial charge in [-0.25, -0.2) is 4.79 Å². The number of carbonyl (C=O) groups is 2. The highest BCUT2D eigenvalue weighted by Gasteiger charge is 2.12. The molecule has 3 rings (SSSR count). The van der Waals surface area contributed by atoms with Crippen molar-refractivity contribution in [3.05, 3.63) is 77.9 Å². The van der Waals surface area contributed by atoms with E-state index in [0.29, 0.717) is 16.8 Å². The summed E-state index contributed by atoms with van der Waals surface area (Å²) in [5.74, 6) is -0.779. The van der Waals surface area contributed by atoms with Crippen molar-refractivity contribution >= 4 is 28.2 Å². The Kier molecular flexibility index (Phi) is 4.06. The lowest BCUT2D eigenvalue weighted by atomic mass is 10.0. The summed E-state index contributed by atoms with van der Waals surface area (Å²) in [5.41, 5.74) is 7.02. The molecule has 0 spiro atoms. The molecule has 3 aromatic carbocycles. The van der Waals surface area contributed by atoms with Crippen LogP contribution in [0.2, 0.25) is 0 Å². The highest BCUT2D eigenvalue weighted by atomic mass is 16.5. The number of nitrogens with two attached hydrogens (primary N) is 1. The average Bonchev–Trinajstić information content (AvgIpc) is 2.59. The molecule has 114 valence electrons. The summed E-state index contributed by atoms with van der Waals surface area (Å²) in [6, 6.07) is 19.5. The fourth-order valence-corrected chi connectivity index (χ4v) is 2.28. The molecule has 0 radical (unpaired) electrons. The van der Waals surface area contributed by atoms with Gasteiger partial charge in [-0.15, -0.1) is 0 Å². The van der Waals surface area contributed by atoms with E-state index in [-0.39, 0.29) is 12.4 Å². The van der Waals surface area contributed by atoms with E-state index in [1.807, 2.05) is 30.3 Å². The molecular formula is C19H15NO3. The molecule has 0 aliphatic heterocycles. The van der Waals surface area contributed by atoms with Gasteiger partial charge in [0.2, 0.25) is 0 Å². The molecule has 2 N–H and O–H groups in total. The second kappa shape index (κ2) is 6.32. The van der Waals surface area contributed by atoms with Crippen LogP contribution in [0, 0.1) is 0 Å². The van der Waals surface area contributed by atoms with Crippen LogP contribution in [-0.2, 0) is 4.74 Å². The molecule has 23 heavy (non-hydrogen) atoms. The van der Waals surface area contributed by atoms with Gasteiger partial charge in [-0.3, -0.25) is 4.79 Å². The summed E-state index contributed by atoms with van der Waals surface area (Å²) >= 11 is 0. The standard InChI is InChI=1S/C19H15NO3/c20-17-9-7-14(8-10-17)19(22)23-12-18(21)16-6-5-13-3-1-2-4-15(13)11-16/h1-11H,12,20H2. The van der Waals surface area contributed by atoms with Crippen LogP contribution >= 0.6 is 0 Å². The quantitative estimate of drug-likeness (QED) is 0.455. The zero-order valence-corrected chi connectivity index (χ0v) is 12.4. The number of hydrogen-bond acceptors (Lipinski definition) is 4. The Morgan fingerprint density at radius 2 is 1.48 bits per heavy atom. The Morgan fingerprint density at radius 3 is 2.22 bits per heavy atom. The van der Waals surface area contributed by atoms with Crippen LogP contribution in [0.15, 0.2) is 66.7 Å². The van der Waals surface area contributed by atoms with Crippen LogP contribution in [-0.4, -0.2) is 18.4 Å². The van der Waals surface area contributed by atoms with Crippen LogP contribution in [0.4, 0.5) is 5.69 Å². The molecule has 0 fully saturated rings. The number of rotatable bonds is 4. The maximum atomic E-state index is 12.2. The monoisotopic (exact) mass is 305 g/mol. The van der Waals surface area contributed by atoms with Gasteiger partial charge in [0.05, 0.1) is 5.56 Å². The Morgan fingerprint density at radius 1 is 0.826 bits per heavy atom. The third-order valence-electron chi connectivity index (χ3n) is 3.55. The summed E-state index contributed by atoms with van der Waals surface area (Å²) < 4.78 is 5.07. The van der Waals surface area contributed by atoms with Crippen LogP contribution in [0.1, 0.15) is 20.7 Å². The Balaban J connectivity index is 1.68. The molecule has 0 bridgehead atoms. The first-order chi connectivity index (χ1) is 11.1. The van der Waals surface area contributed by atoms with Gasteiger partial charge in [0.1, 0.15) is 0 Å². The minimum Gasteiger partial charge on any atom is -0.454 e. The minimum absolute atomic E-state index is 0.237. The summed E-state index contributed by atoms with van der Waals surface area (Å²) in [6.07, 6.45) is 0. The average molecular weight is 305 g/mol. The van der Waals surface area contributed by atoms with Gasteiger partial charge in [-0.05, 0) is 41.1 Å². The highest BCUT2D eigenvalue weighted by Crippen LogP contribution is 2.16. The van der Waals surface area contributed by atoms with Crippen molar-refractivity contribution in [2.45, 2.75) is 0 Å². The lowest BCUT2D eigenvalue weighted by Gasteiger charge is -2.06. The van der Waals surface area contributed by atoms with Gasteiger partial charge in [0.25, 0.3) is 0 Å². The van der Waals surface area contributed by atoms with E-state index < -0.39 is 5.97 Å². The van der Waals surface area contributed by atoms with Crippen molar-refractivity contribution in [2.24, 2.45) is 0 Å². The molecule has 0 saturated heterocycles. The number of fused-ring (bicyclic) bond motifs is 1. The van der Waals surface area contributed by atoms with Crippen molar-refractivity contribution in [3.63, 3.8) is 0 Å². The molecule has 0 amide bonds. The largest absolute Gasteiger partial charge is 0.454 e. The molecule has 0 saturated carbocycles. The number of carbonyl (C=O) groups excluding carboxylic acids is 2. The summed E-state index contributed by atoms with van der Waals surface area (Å²) in [7, 11) is 0. The Hall–Kier alpha value is -3.14. The summed E-state index contributed by atoms with van der Waals surface area (Å²) in [5, 5.41) is 2.03. The number of ketones is 1. The number of benzene rings is 3. The van der Waals surface area contributed by atoms with Crippen molar-refractivity contribution in [1.82, 2.24) is 0 Å². The molecule has 4 heteroatoms. The maximum Gasteiger partial charge on any atom is 0.338 e. The van der Waals surface area contributed by atoms with E-state index in [1.54, 1.807) is 36.4 Å². The number of nitrogen functional groups attached to an aromatic ring is 1. The van der Waals surface area contributed by atoms with Crippen molar-refractivity contribution in [3.8, 4) is 0 Å². The zero-order valence-electron chi connectivity index (χ0n) is 12.4. The van der Waals surface area contributed by atoms with Gasteiger partial charge in [0.15, 0.2) is 12.4 Å². The zero-order chi connectivity index (χ0) is 16.2. The topological polar surface area (TPSA) is 69.4 Å². The first kappa shape index (κ1) is 14.8. The molecule has 0 aromatic heterocycles. The SMILES string of the molecule is Nc1ccc(C(=O)OCC(=O)c2ccc3ccccc3c2)cc1. The van der Waals surface area contributed by atoms with Crippen LogP contribution < -0.4 is 5.73 Å². The predicted octanol–water partition coefficient (Wildman–Crippen LogP) is 3.46. The van der Waals surface area contributed by atoms with Crippen molar-refractivity contribution < 1.29 is 14.3 Å². The van der Waals surface area contributed by atoms with Crippen LogP contribution in [0.3, 0.4) is 0 Å². The van der Waals surface area contributed by atoms with E-state index in [2.05, 4.69) is 0 Å². The highest BCUT2D eigenvalue weighted by molar-refractivity contribution is 6.02. The lowest BCUT2D eigenvalue weighted by Crippen LogP contribution is -2.14. The summed E-state index contributed by atoms with van der Waals surface area (Å²) in [6.45, 7) is -0.290. The second-order valence-corrected chi connectivity index (χ2v) is 5.18. The molecule has 0 aliphatic rings. The second-order valence-electron chi connectivity index (χ2n) is 5.18. The fraction of sp³-hybridized carbons (Fsp3) is 0.0526. The molecule has 0 heterocycles. The molecule has 0 atom stereocenters. The molecule has 3 aromatic rings. The molecule has 0 aliphatic carbocycles. The first-order valence-electron chi connectivity index (χ1n) is 7.18. The van der Waals surface area contributed by atoms with E-state index in [1.165, 1.54) is 0 Å². The predicted molar refractivity (Wildman–Crippen MR) is 89.4 cm³/mol. The van der Waals surface area contributed by atoms with Gasteiger partial charge in [-0.1, -0.05) is 36.4 Å². The molecule has 4 nitrogen and oxygen atoms in total. The van der Waals surface area contributed by atoms with Gasteiger partial charge in [0, 0.05) is 11.3 Å². The van der Waals surface area contributed by atoms with Crippen LogP contribution in [0.5, 0.6) is 0 Å². The third kappa shape index (κ3) is 3.37. The normalized spacial score (nSPS) is 10.4. The lowest BCUT2D eigenvalue weighted by molar-refractivity contribution is 0.0475. The molecule has 0 unspecified atom stereocenters. The molecular weight excluding hydrogens is 290 g/mol. The van der Waals surface area contributed by atoms with Gasteiger partial charge in [-0.2, -0.15) is 0 Å². The fourth-order valence-electron chi connectivity index (χ4n) is 2.28. The van der Waals surface area contributed by atoms with E-state index in [9.17, 15) is 9.59 Å². The maximum absolute atomic E-state index is 12.2.